The molecule has 0 bridgehead atoms. The first-order chi connectivity index (χ1) is 12.1. The Hall–Kier alpha value is -2.95. The standard InChI is InChI=1S/C20H22N4O/c1-22(2)15-9-10-17-16(13-15)18(20(25)23(17)3)19-21-11-12-24(19)14-7-5-4-6-8-14/h4-10,13,25H,11-12H2,1-3H3. The Morgan fingerprint density at radius 2 is 1.84 bits per heavy atom. The molecule has 5 nitrogen and oxygen atoms in total. The van der Waals surface area contributed by atoms with Crippen molar-refractivity contribution in [3.05, 3.63) is 54.1 Å². The second kappa shape index (κ2) is 5.84. The van der Waals surface area contributed by atoms with Gasteiger partial charge in [-0.1, -0.05) is 18.2 Å². The lowest BCUT2D eigenvalue weighted by atomic mass is 10.1. The first kappa shape index (κ1) is 15.6. The van der Waals surface area contributed by atoms with Crippen LogP contribution in [0.4, 0.5) is 11.4 Å². The molecule has 4 rings (SSSR count). The third kappa shape index (κ3) is 2.43. The lowest BCUT2D eigenvalue weighted by Crippen LogP contribution is -2.28. The largest absolute Gasteiger partial charge is 0.494 e. The van der Waals surface area contributed by atoms with Crippen LogP contribution in [-0.4, -0.2) is 42.7 Å². The number of aliphatic imine (C=N–C) groups is 1. The Morgan fingerprint density at radius 3 is 2.56 bits per heavy atom. The zero-order chi connectivity index (χ0) is 17.6. The molecule has 0 atom stereocenters. The van der Waals surface area contributed by atoms with Crippen LogP contribution < -0.4 is 9.80 Å². The predicted octanol–water partition coefficient (Wildman–Crippen LogP) is 3.22. The van der Waals surface area contributed by atoms with Crippen molar-refractivity contribution in [1.82, 2.24) is 4.57 Å². The third-order valence-electron chi connectivity index (χ3n) is 4.80. The maximum atomic E-state index is 10.8. The molecular formula is C20H22N4O. The number of hydrogen-bond donors (Lipinski definition) is 1. The third-order valence-corrected chi connectivity index (χ3v) is 4.80. The highest BCUT2D eigenvalue weighted by atomic mass is 16.3. The molecule has 0 amide bonds. The minimum absolute atomic E-state index is 0.257. The molecule has 0 aliphatic carbocycles. The van der Waals surface area contributed by atoms with Gasteiger partial charge in [0, 0.05) is 44.4 Å². The Bertz CT molecular complexity index is 957. The van der Waals surface area contributed by atoms with Gasteiger partial charge in [-0.15, -0.1) is 0 Å². The van der Waals surface area contributed by atoms with E-state index in [0.29, 0.717) is 0 Å². The predicted molar refractivity (Wildman–Crippen MR) is 104 cm³/mol. The molecule has 0 radical (unpaired) electrons. The van der Waals surface area contributed by atoms with Gasteiger partial charge < -0.3 is 19.5 Å². The fourth-order valence-corrected chi connectivity index (χ4v) is 3.44. The van der Waals surface area contributed by atoms with E-state index in [-0.39, 0.29) is 5.88 Å². The quantitative estimate of drug-likeness (QED) is 0.800. The maximum absolute atomic E-state index is 10.8. The van der Waals surface area contributed by atoms with Crippen molar-refractivity contribution in [1.29, 1.82) is 0 Å². The summed E-state index contributed by atoms with van der Waals surface area (Å²) in [6.07, 6.45) is 0. The van der Waals surface area contributed by atoms with Crippen molar-refractivity contribution >= 4 is 28.1 Å². The second-order valence-electron chi connectivity index (χ2n) is 6.55. The number of hydrogen-bond acceptors (Lipinski definition) is 4. The fraction of sp³-hybridized carbons (Fsp3) is 0.250. The van der Waals surface area contributed by atoms with E-state index in [1.165, 1.54) is 0 Å². The van der Waals surface area contributed by atoms with Crippen molar-refractivity contribution < 1.29 is 5.11 Å². The number of aryl methyl sites for hydroxylation is 1. The van der Waals surface area contributed by atoms with E-state index in [2.05, 4.69) is 40.1 Å². The van der Waals surface area contributed by atoms with Gasteiger partial charge >= 0.3 is 0 Å². The van der Waals surface area contributed by atoms with Crippen molar-refractivity contribution in [2.45, 2.75) is 0 Å². The van der Waals surface area contributed by atoms with Crippen LogP contribution >= 0.6 is 0 Å². The van der Waals surface area contributed by atoms with Crippen LogP contribution in [0.1, 0.15) is 5.56 Å². The molecule has 1 aliphatic heterocycles. The van der Waals surface area contributed by atoms with Crippen LogP contribution in [-0.2, 0) is 7.05 Å². The summed E-state index contributed by atoms with van der Waals surface area (Å²) >= 11 is 0. The molecule has 128 valence electrons. The Kier molecular flexibility index (Phi) is 3.64. The monoisotopic (exact) mass is 334 g/mol. The van der Waals surface area contributed by atoms with Crippen LogP contribution in [0.2, 0.25) is 0 Å². The topological polar surface area (TPSA) is 44.0 Å². The van der Waals surface area contributed by atoms with Gasteiger partial charge in [-0.05, 0) is 30.3 Å². The van der Waals surface area contributed by atoms with Gasteiger partial charge in [0.25, 0.3) is 0 Å². The minimum atomic E-state index is 0.257. The van der Waals surface area contributed by atoms with E-state index in [1.807, 2.05) is 43.9 Å². The summed E-state index contributed by atoms with van der Waals surface area (Å²) in [5, 5.41) is 11.8. The van der Waals surface area contributed by atoms with Crippen molar-refractivity contribution in [2.24, 2.45) is 12.0 Å². The van der Waals surface area contributed by atoms with Crippen molar-refractivity contribution in [2.75, 3.05) is 37.0 Å². The number of rotatable bonds is 3. The van der Waals surface area contributed by atoms with E-state index in [0.717, 1.165) is 46.8 Å². The first-order valence-corrected chi connectivity index (χ1v) is 8.44. The van der Waals surface area contributed by atoms with Crippen LogP contribution in [0.25, 0.3) is 10.9 Å². The molecule has 5 heteroatoms. The molecule has 25 heavy (non-hydrogen) atoms. The van der Waals surface area contributed by atoms with Crippen LogP contribution in [0.3, 0.4) is 0 Å². The molecule has 0 saturated carbocycles. The molecule has 0 saturated heterocycles. The second-order valence-corrected chi connectivity index (χ2v) is 6.55. The highest BCUT2D eigenvalue weighted by Gasteiger charge is 2.27. The van der Waals surface area contributed by atoms with Gasteiger partial charge in [0.05, 0.1) is 17.6 Å². The summed E-state index contributed by atoms with van der Waals surface area (Å²) in [4.78, 5) is 8.96. The average Bonchev–Trinajstić information content (AvgIpc) is 3.19. The zero-order valence-electron chi connectivity index (χ0n) is 14.8. The van der Waals surface area contributed by atoms with Crippen molar-refractivity contribution in [3.8, 4) is 5.88 Å². The highest BCUT2D eigenvalue weighted by Crippen LogP contribution is 2.35. The number of aromatic hydroxyl groups is 1. The summed E-state index contributed by atoms with van der Waals surface area (Å²) in [6.45, 7) is 1.55. The number of nitrogens with zero attached hydrogens (tertiary/aromatic N) is 4. The molecule has 0 unspecified atom stereocenters. The number of amidine groups is 1. The molecule has 0 spiro atoms. The first-order valence-electron chi connectivity index (χ1n) is 8.44. The van der Waals surface area contributed by atoms with E-state index < -0.39 is 0 Å². The van der Waals surface area contributed by atoms with Gasteiger partial charge in [-0.25, -0.2) is 0 Å². The summed E-state index contributed by atoms with van der Waals surface area (Å²) in [6, 6.07) is 16.5. The molecule has 1 N–H and O–H groups in total. The normalized spacial score (nSPS) is 14.2. The molecule has 0 fully saturated rings. The molecule has 1 aromatic heterocycles. The number of anilines is 2. The number of para-hydroxylation sites is 1. The van der Waals surface area contributed by atoms with Gasteiger partial charge in [-0.2, -0.15) is 0 Å². The lowest BCUT2D eigenvalue weighted by molar-refractivity contribution is 0.434. The number of aromatic nitrogens is 1. The van der Waals surface area contributed by atoms with Gasteiger partial charge in [0.2, 0.25) is 5.88 Å². The zero-order valence-corrected chi connectivity index (χ0v) is 14.8. The van der Waals surface area contributed by atoms with Crippen LogP contribution in [0, 0.1) is 0 Å². The summed E-state index contributed by atoms with van der Waals surface area (Å²) in [7, 11) is 5.93. The smallest absolute Gasteiger partial charge is 0.203 e. The molecule has 2 heterocycles. The lowest BCUT2D eigenvalue weighted by Gasteiger charge is -2.20. The molecular weight excluding hydrogens is 312 g/mol. The molecule has 3 aromatic rings. The van der Waals surface area contributed by atoms with E-state index in [9.17, 15) is 5.11 Å². The summed E-state index contributed by atoms with van der Waals surface area (Å²) < 4.78 is 1.83. The van der Waals surface area contributed by atoms with Gasteiger partial charge in [0.15, 0.2) is 0 Å². The summed E-state index contributed by atoms with van der Waals surface area (Å²) in [5.41, 5.74) is 4.01. The minimum Gasteiger partial charge on any atom is -0.494 e. The summed E-state index contributed by atoms with van der Waals surface area (Å²) in [5.74, 6) is 1.10. The molecule has 1 aliphatic rings. The Balaban J connectivity index is 1.91. The van der Waals surface area contributed by atoms with Gasteiger partial charge in [-0.3, -0.25) is 4.99 Å². The Labute approximate surface area is 147 Å². The highest BCUT2D eigenvalue weighted by molar-refractivity contribution is 6.20. The number of benzene rings is 2. The van der Waals surface area contributed by atoms with Crippen LogP contribution in [0.5, 0.6) is 5.88 Å². The van der Waals surface area contributed by atoms with Gasteiger partial charge in [0.1, 0.15) is 5.84 Å². The Morgan fingerprint density at radius 1 is 1.08 bits per heavy atom. The SMILES string of the molecule is CN(C)c1ccc2c(c1)c(C1=NCCN1c1ccccc1)c(O)n2C. The number of fused-ring (bicyclic) bond motifs is 1. The van der Waals surface area contributed by atoms with E-state index >= 15 is 0 Å². The maximum Gasteiger partial charge on any atom is 0.203 e. The van der Waals surface area contributed by atoms with Crippen LogP contribution in [0.15, 0.2) is 53.5 Å². The van der Waals surface area contributed by atoms with E-state index in [1.54, 1.807) is 0 Å². The molecule has 2 aromatic carbocycles. The average molecular weight is 334 g/mol. The van der Waals surface area contributed by atoms with E-state index in [4.69, 9.17) is 4.99 Å². The van der Waals surface area contributed by atoms with Crippen molar-refractivity contribution in [3.63, 3.8) is 0 Å². The fourth-order valence-electron chi connectivity index (χ4n) is 3.44.